The van der Waals surface area contributed by atoms with Gasteiger partial charge in [-0.05, 0) is 30.3 Å². The van der Waals surface area contributed by atoms with Crippen LogP contribution in [0.2, 0.25) is 5.02 Å². The van der Waals surface area contributed by atoms with E-state index in [2.05, 4.69) is 20.4 Å². The molecule has 3 aromatic rings. The summed E-state index contributed by atoms with van der Waals surface area (Å²) in [5.74, 6) is -0.277. The van der Waals surface area contributed by atoms with E-state index in [-0.39, 0.29) is 24.4 Å². The quantitative estimate of drug-likeness (QED) is 0.764. The van der Waals surface area contributed by atoms with Gasteiger partial charge in [-0.25, -0.2) is 4.39 Å². The normalized spacial score (nSPS) is 10.6. The molecule has 0 fully saturated rings. The zero-order valence-electron chi connectivity index (χ0n) is 12.4. The molecule has 0 aliphatic heterocycles. The van der Waals surface area contributed by atoms with Gasteiger partial charge in [-0.3, -0.25) is 9.78 Å². The highest BCUT2D eigenvalue weighted by Crippen LogP contribution is 2.20. The molecule has 0 atom stereocenters. The first-order valence-electron chi connectivity index (χ1n) is 7.11. The van der Waals surface area contributed by atoms with Gasteiger partial charge in [-0.15, -0.1) is 0 Å². The van der Waals surface area contributed by atoms with E-state index >= 15 is 0 Å². The molecule has 2 aromatic heterocycles. The largest absolute Gasteiger partial charge is 0.339 e. The molecule has 1 amide bonds. The molecule has 6 nitrogen and oxygen atoms in total. The fraction of sp³-hybridized carbons (Fsp3) is 0.125. The summed E-state index contributed by atoms with van der Waals surface area (Å²) in [6.07, 6.45) is 1.92. The van der Waals surface area contributed by atoms with Crippen LogP contribution >= 0.6 is 11.6 Å². The van der Waals surface area contributed by atoms with Crippen molar-refractivity contribution in [1.29, 1.82) is 0 Å². The van der Waals surface area contributed by atoms with Crippen LogP contribution in [0.4, 0.5) is 10.1 Å². The Hall–Kier alpha value is -2.80. The number of hydrogen-bond acceptors (Lipinski definition) is 5. The molecular weight excluding hydrogens is 335 g/mol. The van der Waals surface area contributed by atoms with Crippen LogP contribution in [0.25, 0.3) is 11.5 Å². The van der Waals surface area contributed by atoms with Gasteiger partial charge in [0.15, 0.2) is 0 Å². The third kappa shape index (κ3) is 3.94. The number of nitrogens with one attached hydrogen (secondary N) is 1. The number of hydrogen-bond donors (Lipinski definition) is 1. The number of aromatic nitrogens is 3. The van der Waals surface area contributed by atoms with E-state index < -0.39 is 5.82 Å². The third-order valence-corrected chi connectivity index (χ3v) is 3.37. The van der Waals surface area contributed by atoms with E-state index in [0.717, 1.165) is 0 Å². The lowest BCUT2D eigenvalue weighted by atomic mass is 10.2. The summed E-state index contributed by atoms with van der Waals surface area (Å²) in [7, 11) is 0. The number of nitrogens with zero attached hydrogens (tertiary/aromatic N) is 3. The van der Waals surface area contributed by atoms with Gasteiger partial charge in [0.25, 0.3) is 0 Å². The molecule has 0 spiro atoms. The van der Waals surface area contributed by atoms with E-state index in [9.17, 15) is 9.18 Å². The van der Waals surface area contributed by atoms with Gasteiger partial charge in [0.2, 0.25) is 17.6 Å². The number of rotatable bonds is 5. The molecule has 1 aromatic carbocycles. The number of carbonyl (C=O) groups is 1. The van der Waals surface area contributed by atoms with Gasteiger partial charge < -0.3 is 9.84 Å². The maximum Gasteiger partial charge on any atom is 0.227 e. The summed E-state index contributed by atoms with van der Waals surface area (Å²) in [5.41, 5.74) is 0.616. The molecule has 0 saturated heterocycles. The van der Waals surface area contributed by atoms with E-state index in [0.29, 0.717) is 22.4 Å². The average molecular weight is 347 g/mol. The lowest BCUT2D eigenvalue weighted by Gasteiger charge is -2.05. The summed E-state index contributed by atoms with van der Waals surface area (Å²) >= 11 is 5.78. The van der Waals surface area contributed by atoms with Crippen molar-refractivity contribution in [3.63, 3.8) is 0 Å². The van der Waals surface area contributed by atoms with Crippen LogP contribution in [0.1, 0.15) is 12.3 Å². The minimum atomic E-state index is -0.553. The van der Waals surface area contributed by atoms with Crippen LogP contribution in [0.5, 0.6) is 0 Å². The van der Waals surface area contributed by atoms with Gasteiger partial charge >= 0.3 is 0 Å². The minimum Gasteiger partial charge on any atom is -0.339 e. The number of halogens is 2. The van der Waals surface area contributed by atoms with E-state index in [1.54, 1.807) is 18.3 Å². The Kier molecular flexibility index (Phi) is 4.81. The summed E-state index contributed by atoms with van der Waals surface area (Å²) in [6, 6.07) is 9.29. The Bertz CT molecular complexity index is 854. The monoisotopic (exact) mass is 346 g/mol. The van der Waals surface area contributed by atoms with E-state index in [1.807, 2.05) is 6.07 Å². The van der Waals surface area contributed by atoms with Crippen LogP contribution in [-0.4, -0.2) is 21.0 Å². The van der Waals surface area contributed by atoms with Crippen molar-refractivity contribution in [3.8, 4) is 11.5 Å². The minimum absolute atomic E-state index is 0.0344. The zero-order chi connectivity index (χ0) is 16.9. The molecular formula is C16H12ClFN4O2. The van der Waals surface area contributed by atoms with Gasteiger partial charge in [-0.1, -0.05) is 22.8 Å². The van der Waals surface area contributed by atoms with E-state index in [4.69, 9.17) is 16.1 Å². The molecule has 0 unspecified atom stereocenters. The standard InChI is InChI=1S/C16H12ClFN4O2/c17-10-4-5-11(18)13(9-10)20-14(23)6-7-15-21-16(22-24-15)12-3-1-2-8-19-12/h1-5,8-9H,6-7H2,(H,20,23). The van der Waals surface area contributed by atoms with Crippen LogP contribution in [0.3, 0.4) is 0 Å². The lowest BCUT2D eigenvalue weighted by Crippen LogP contribution is -2.13. The third-order valence-electron chi connectivity index (χ3n) is 3.13. The molecule has 3 rings (SSSR count). The molecule has 0 saturated carbocycles. The Morgan fingerprint density at radius 2 is 2.17 bits per heavy atom. The predicted molar refractivity (Wildman–Crippen MR) is 85.9 cm³/mol. The molecule has 122 valence electrons. The zero-order valence-corrected chi connectivity index (χ0v) is 13.1. The number of amides is 1. The van der Waals surface area contributed by atoms with Crippen molar-refractivity contribution in [2.75, 3.05) is 5.32 Å². The predicted octanol–water partition coefficient (Wildman–Crippen LogP) is 3.50. The van der Waals surface area contributed by atoms with Gasteiger partial charge in [0.1, 0.15) is 11.5 Å². The number of benzene rings is 1. The second-order valence-electron chi connectivity index (χ2n) is 4.90. The fourth-order valence-electron chi connectivity index (χ4n) is 1.98. The Balaban J connectivity index is 1.59. The summed E-state index contributed by atoms with van der Waals surface area (Å²) in [5, 5.41) is 6.61. The molecule has 24 heavy (non-hydrogen) atoms. The first-order valence-corrected chi connectivity index (χ1v) is 7.48. The number of carbonyl (C=O) groups excluding carboxylic acids is 1. The molecule has 0 aliphatic rings. The molecule has 8 heteroatoms. The van der Waals surface area contributed by atoms with Crippen molar-refractivity contribution in [2.45, 2.75) is 12.8 Å². The molecule has 1 N–H and O–H groups in total. The second kappa shape index (κ2) is 7.18. The SMILES string of the molecule is O=C(CCc1nc(-c2ccccn2)no1)Nc1cc(Cl)ccc1F. The maximum absolute atomic E-state index is 13.6. The summed E-state index contributed by atoms with van der Waals surface area (Å²) < 4.78 is 18.6. The number of anilines is 1. The van der Waals surface area contributed by atoms with Crippen LogP contribution in [0.15, 0.2) is 47.1 Å². The van der Waals surface area contributed by atoms with Crippen molar-refractivity contribution < 1.29 is 13.7 Å². The van der Waals surface area contributed by atoms with Crippen molar-refractivity contribution >= 4 is 23.2 Å². The molecule has 0 bridgehead atoms. The highest BCUT2D eigenvalue weighted by Gasteiger charge is 2.12. The maximum atomic E-state index is 13.6. The Morgan fingerprint density at radius 1 is 1.29 bits per heavy atom. The van der Waals surface area contributed by atoms with E-state index in [1.165, 1.54) is 18.2 Å². The van der Waals surface area contributed by atoms with Crippen LogP contribution in [0, 0.1) is 5.82 Å². The summed E-state index contributed by atoms with van der Waals surface area (Å²) in [4.78, 5) is 20.2. The van der Waals surface area contributed by atoms with Gasteiger partial charge in [0.05, 0.1) is 5.69 Å². The smallest absolute Gasteiger partial charge is 0.227 e. The van der Waals surface area contributed by atoms with Crippen LogP contribution in [-0.2, 0) is 11.2 Å². The number of aryl methyl sites for hydroxylation is 1. The van der Waals surface area contributed by atoms with Crippen molar-refractivity contribution in [1.82, 2.24) is 15.1 Å². The first kappa shape index (κ1) is 16.1. The topological polar surface area (TPSA) is 80.9 Å². The van der Waals surface area contributed by atoms with Crippen molar-refractivity contribution in [2.24, 2.45) is 0 Å². The Morgan fingerprint density at radius 3 is 2.96 bits per heavy atom. The van der Waals surface area contributed by atoms with Crippen molar-refractivity contribution in [3.05, 3.63) is 59.3 Å². The van der Waals surface area contributed by atoms with Gasteiger partial charge in [0, 0.05) is 24.1 Å². The molecule has 0 radical (unpaired) electrons. The highest BCUT2D eigenvalue weighted by atomic mass is 35.5. The average Bonchev–Trinajstić information content (AvgIpc) is 3.06. The summed E-state index contributed by atoms with van der Waals surface area (Å²) in [6.45, 7) is 0. The van der Waals surface area contributed by atoms with Gasteiger partial charge in [-0.2, -0.15) is 4.98 Å². The first-order chi connectivity index (χ1) is 11.6. The second-order valence-corrected chi connectivity index (χ2v) is 5.34. The van der Waals surface area contributed by atoms with Crippen LogP contribution < -0.4 is 5.32 Å². The Labute approximate surface area is 141 Å². The lowest BCUT2D eigenvalue weighted by molar-refractivity contribution is -0.116. The number of pyridine rings is 1. The molecule has 0 aliphatic carbocycles. The highest BCUT2D eigenvalue weighted by molar-refractivity contribution is 6.30. The fourth-order valence-corrected chi connectivity index (χ4v) is 2.15. The molecule has 2 heterocycles.